The Bertz CT molecular complexity index is 462. The van der Waals surface area contributed by atoms with Crippen LogP contribution >= 0.6 is 0 Å². The average Bonchev–Trinajstić information content (AvgIpc) is 2.48. The summed E-state index contributed by atoms with van der Waals surface area (Å²) in [6.07, 6.45) is 3.78. The number of benzene rings is 1. The Morgan fingerprint density at radius 1 is 1.35 bits per heavy atom. The average molecular weight is 274 g/mol. The zero-order valence-electron chi connectivity index (χ0n) is 12.6. The minimum absolute atomic E-state index is 0.138. The van der Waals surface area contributed by atoms with Crippen molar-refractivity contribution in [3.63, 3.8) is 0 Å². The van der Waals surface area contributed by atoms with E-state index in [1.807, 2.05) is 0 Å². The molecule has 0 amide bonds. The monoisotopic (exact) mass is 274 g/mol. The largest absolute Gasteiger partial charge is 0.376 e. The molecule has 0 saturated carbocycles. The first-order chi connectivity index (χ1) is 9.70. The molecule has 20 heavy (non-hydrogen) atoms. The number of hydrogen-bond donors (Lipinski definition) is 1. The summed E-state index contributed by atoms with van der Waals surface area (Å²) < 4.78 is 5.82. The van der Waals surface area contributed by atoms with E-state index < -0.39 is 0 Å². The van der Waals surface area contributed by atoms with Crippen LogP contribution in [-0.4, -0.2) is 36.2 Å². The van der Waals surface area contributed by atoms with Crippen LogP contribution in [0.25, 0.3) is 0 Å². The van der Waals surface area contributed by atoms with Crippen molar-refractivity contribution in [2.75, 3.05) is 13.2 Å². The van der Waals surface area contributed by atoms with Gasteiger partial charge < -0.3 is 10.5 Å². The first kappa shape index (κ1) is 14.1. The number of aryl methyl sites for hydroxylation is 1. The predicted molar refractivity (Wildman–Crippen MR) is 81.7 cm³/mol. The Hall–Kier alpha value is -0.900. The van der Waals surface area contributed by atoms with E-state index in [9.17, 15) is 0 Å². The highest BCUT2D eigenvalue weighted by Gasteiger charge is 2.37. The maximum atomic E-state index is 6.60. The van der Waals surface area contributed by atoms with Gasteiger partial charge in [0.2, 0.25) is 0 Å². The molecule has 1 aromatic carbocycles. The molecule has 3 rings (SSSR count). The van der Waals surface area contributed by atoms with Gasteiger partial charge in [-0.1, -0.05) is 31.2 Å². The fourth-order valence-corrected chi connectivity index (χ4v) is 3.78. The van der Waals surface area contributed by atoms with Gasteiger partial charge in [-0.05, 0) is 37.3 Å². The lowest BCUT2D eigenvalue weighted by Gasteiger charge is -2.47. The molecule has 0 spiro atoms. The first-order valence-corrected chi connectivity index (χ1v) is 7.91. The van der Waals surface area contributed by atoms with Crippen molar-refractivity contribution in [1.29, 1.82) is 0 Å². The van der Waals surface area contributed by atoms with Crippen molar-refractivity contribution in [3.8, 4) is 0 Å². The van der Waals surface area contributed by atoms with E-state index in [2.05, 4.69) is 43.0 Å². The summed E-state index contributed by atoms with van der Waals surface area (Å²) in [6, 6.07) is 9.78. The highest BCUT2D eigenvalue weighted by atomic mass is 16.5. The van der Waals surface area contributed by atoms with Crippen molar-refractivity contribution < 1.29 is 4.74 Å². The molecule has 4 unspecified atom stereocenters. The number of morpholine rings is 1. The second-order valence-corrected chi connectivity index (χ2v) is 6.23. The molecule has 4 atom stereocenters. The van der Waals surface area contributed by atoms with Crippen LogP contribution in [0.5, 0.6) is 0 Å². The highest BCUT2D eigenvalue weighted by Crippen LogP contribution is 2.33. The van der Waals surface area contributed by atoms with E-state index in [0.29, 0.717) is 18.2 Å². The van der Waals surface area contributed by atoms with Crippen molar-refractivity contribution in [2.24, 2.45) is 5.73 Å². The molecule has 110 valence electrons. The van der Waals surface area contributed by atoms with E-state index in [-0.39, 0.29) is 6.04 Å². The van der Waals surface area contributed by atoms with Crippen LogP contribution in [0.4, 0.5) is 0 Å². The maximum Gasteiger partial charge on any atom is 0.0674 e. The van der Waals surface area contributed by atoms with Crippen molar-refractivity contribution in [2.45, 2.75) is 57.3 Å². The SMILES string of the molecule is CCC1COC(C)CN1C1CCc2ccccc2C1N. The molecule has 0 bridgehead atoms. The molecule has 1 saturated heterocycles. The molecule has 2 aliphatic rings. The predicted octanol–water partition coefficient (Wildman–Crippen LogP) is 2.50. The lowest BCUT2D eigenvalue weighted by atomic mass is 9.83. The molecule has 0 aromatic heterocycles. The van der Waals surface area contributed by atoms with E-state index in [0.717, 1.165) is 26.0 Å². The van der Waals surface area contributed by atoms with E-state index in [1.54, 1.807) is 0 Å². The Labute approximate surface area is 122 Å². The summed E-state index contributed by atoms with van der Waals surface area (Å²) in [7, 11) is 0. The van der Waals surface area contributed by atoms with Gasteiger partial charge in [0, 0.05) is 24.7 Å². The number of nitrogens with two attached hydrogens (primary N) is 1. The van der Waals surface area contributed by atoms with Crippen LogP contribution in [0.3, 0.4) is 0 Å². The van der Waals surface area contributed by atoms with Crippen LogP contribution in [0.2, 0.25) is 0 Å². The molecule has 2 N–H and O–H groups in total. The molecule has 1 aromatic rings. The summed E-state index contributed by atoms with van der Waals surface area (Å²) in [4.78, 5) is 2.62. The Balaban J connectivity index is 1.83. The standard InChI is InChI=1S/C17H26N2O/c1-3-14-11-20-12(2)10-19(14)16-9-8-13-6-4-5-7-15(13)17(16)18/h4-7,12,14,16-17H,3,8-11,18H2,1-2H3. The molecule has 1 heterocycles. The zero-order chi connectivity index (χ0) is 14.1. The Kier molecular flexibility index (Phi) is 4.11. The van der Waals surface area contributed by atoms with E-state index in [4.69, 9.17) is 10.5 Å². The fourth-order valence-electron chi connectivity index (χ4n) is 3.78. The Morgan fingerprint density at radius 3 is 2.95 bits per heavy atom. The van der Waals surface area contributed by atoms with Gasteiger partial charge in [0.25, 0.3) is 0 Å². The number of rotatable bonds is 2. The van der Waals surface area contributed by atoms with Gasteiger partial charge in [0.15, 0.2) is 0 Å². The molecular weight excluding hydrogens is 248 g/mol. The van der Waals surface area contributed by atoms with Gasteiger partial charge >= 0.3 is 0 Å². The second kappa shape index (κ2) is 5.84. The molecular formula is C17H26N2O. The Morgan fingerprint density at radius 2 is 2.15 bits per heavy atom. The van der Waals surface area contributed by atoms with Crippen LogP contribution < -0.4 is 5.73 Å². The van der Waals surface area contributed by atoms with Gasteiger partial charge in [-0.2, -0.15) is 0 Å². The lowest BCUT2D eigenvalue weighted by molar-refractivity contribution is -0.0784. The smallest absolute Gasteiger partial charge is 0.0674 e. The molecule has 0 radical (unpaired) electrons. The van der Waals surface area contributed by atoms with Gasteiger partial charge in [0.05, 0.1) is 12.7 Å². The third-order valence-electron chi connectivity index (χ3n) is 4.95. The maximum absolute atomic E-state index is 6.60. The third kappa shape index (κ3) is 2.50. The molecule has 1 aliphatic carbocycles. The summed E-state index contributed by atoms with van der Waals surface area (Å²) >= 11 is 0. The van der Waals surface area contributed by atoms with Crippen LogP contribution in [0.1, 0.15) is 43.9 Å². The van der Waals surface area contributed by atoms with Crippen LogP contribution in [0.15, 0.2) is 24.3 Å². The van der Waals surface area contributed by atoms with E-state index >= 15 is 0 Å². The van der Waals surface area contributed by atoms with Gasteiger partial charge in [-0.3, -0.25) is 4.90 Å². The van der Waals surface area contributed by atoms with Gasteiger partial charge in [-0.25, -0.2) is 0 Å². The van der Waals surface area contributed by atoms with Gasteiger partial charge in [-0.15, -0.1) is 0 Å². The van der Waals surface area contributed by atoms with Crippen molar-refractivity contribution in [1.82, 2.24) is 4.90 Å². The first-order valence-electron chi connectivity index (χ1n) is 7.91. The zero-order valence-corrected chi connectivity index (χ0v) is 12.6. The van der Waals surface area contributed by atoms with E-state index in [1.165, 1.54) is 17.5 Å². The van der Waals surface area contributed by atoms with Crippen molar-refractivity contribution >= 4 is 0 Å². The van der Waals surface area contributed by atoms with Gasteiger partial charge in [0.1, 0.15) is 0 Å². The summed E-state index contributed by atoms with van der Waals surface area (Å²) in [5.74, 6) is 0. The second-order valence-electron chi connectivity index (χ2n) is 6.23. The van der Waals surface area contributed by atoms with Crippen LogP contribution in [-0.2, 0) is 11.2 Å². The number of hydrogen-bond acceptors (Lipinski definition) is 3. The minimum atomic E-state index is 0.138. The topological polar surface area (TPSA) is 38.5 Å². The molecule has 3 nitrogen and oxygen atoms in total. The molecule has 1 fully saturated rings. The number of nitrogens with zero attached hydrogens (tertiary/aromatic N) is 1. The summed E-state index contributed by atoms with van der Waals surface area (Å²) in [5, 5.41) is 0. The fraction of sp³-hybridized carbons (Fsp3) is 0.647. The minimum Gasteiger partial charge on any atom is -0.376 e. The quantitative estimate of drug-likeness (QED) is 0.900. The summed E-state index contributed by atoms with van der Waals surface area (Å²) in [5.41, 5.74) is 9.38. The number of ether oxygens (including phenoxy) is 1. The third-order valence-corrected chi connectivity index (χ3v) is 4.95. The molecule has 1 aliphatic heterocycles. The summed E-state index contributed by atoms with van der Waals surface area (Å²) in [6.45, 7) is 6.28. The lowest BCUT2D eigenvalue weighted by Crippen LogP contribution is -2.56. The van der Waals surface area contributed by atoms with Crippen LogP contribution in [0, 0.1) is 0 Å². The normalized spacial score (nSPS) is 34.8. The highest BCUT2D eigenvalue weighted by molar-refractivity contribution is 5.33. The van der Waals surface area contributed by atoms with Crippen molar-refractivity contribution in [3.05, 3.63) is 35.4 Å². The molecule has 3 heteroatoms. The number of fused-ring (bicyclic) bond motifs is 1.